The van der Waals surface area contributed by atoms with Crippen LogP contribution in [0.5, 0.6) is 5.75 Å². The van der Waals surface area contributed by atoms with Crippen LogP contribution in [-0.4, -0.2) is 18.3 Å². The zero-order chi connectivity index (χ0) is 19.9. The summed E-state index contributed by atoms with van der Waals surface area (Å²) in [6.45, 7) is -0.218. The molecule has 0 aliphatic rings. The molecule has 3 rings (SSSR count). The minimum Gasteiger partial charge on any atom is -0.484 e. The number of hydrogen-bond acceptors (Lipinski definition) is 4. The molecule has 0 aliphatic heterocycles. The molecule has 0 atom stereocenters. The first kappa shape index (κ1) is 19.2. The van der Waals surface area contributed by atoms with Crippen LogP contribution in [0.1, 0.15) is 21.5 Å². The molecule has 0 aromatic heterocycles. The predicted octanol–water partition coefficient (Wildman–Crippen LogP) is 4.46. The Morgan fingerprint density at radius 3 is 2.18 bits per heavy atom. The fourth-order valence-electron chi connectivity index (χ4n) is 2.50. The van der Waals surface area contributed by atoms with Gasteiger partial charge in [0.2, 0.25) is 0 Å². The number of rotatable bonds is 6. The number of benzene rings is 3. The smallest absolute Gasteiger partial charge is 0.262 e. The van der Waals surface area contributed by atoms with E-state index < -0.39 is 0 Å². The summed E-state index contributed by atoms with van der Waals surface area (Å²) in [4.78, 5) is 24.5. The number of ether oxygens (including phenoxy) is 1. The quantitative estimate of drug-likeness (QED) is 0.630. The first-order valence-electron chi connectivity index (χ1n) is 8.39. The standard InChI is InChI=1S/C22H15ClN2O3/c23-18-9-5-15(6-10-18)22(27)16-7-11-19(12-8-16)28-14-21(26)25-20-4-2-1-3-17(20)13-24/h1-12H,14H2,(H,25,26). The lowest BCUT2D eigenvalue weighted by Gasteiger charge is -2.09. The van der Waals surface area contributed by atoms with Gasteiger partial charge in [-0.1, -0.05) is 23.7 Å². The van der Waals surface area contributed by atoms with Gasteiger partial charge in [-0.25, -0.2) is 0 Å². The van der Waals surface area contributed by atoms with Gasteiger partial charge < -0.3 is 10.1 Å². The maximum atomic E-state index is 12.4. The third-order valence-electron chi connectivity index (χ3n) is 3.91. The van der Waals surface area contributed by atoms with Crippen molar-refractivity contribution >= 4 is 29.0 Å². The summed E-state index contributed by atoms with van der Waals surface area (Å²) in [6, 6.07) is 21.9. The molecule has 0 unspecified atom stereocenters. The Bertz CT molecular complexity index is 1040. The third-order valence-corrected chi connectivity index (χ3v) is 4.17. The van der Waals surface area contributed by atoms with E-state index in [0.29, 0.717) is 33.1 Å². The zero-order valence-corrected chi connectivity index (χ0v) is 15.4. The van der Waals surface area contributed by atoms with E-state index in [4.69, 9.17) is 21.6 Å². The van der Waals surface area contributed by atoms with Crippen molar-refractivity contribution in [1.29, 1.82) is 5.26 Å². The lowest BCUT2D eigenvalue weighted by molar-refractivity contribution is -0.118. The van der Waals surface area contributed by atoms with E-state index in [1.165, 1.54) is 0 Å². The van der Waals surface area contributed by atoms with Crippen molar-refractivity contribution in [3.05, 3.63) is 94.5 Å². The molecule has 0 saturated heterocycles. The summed E-state index contributed by atoms with van der Waals surface area (Å²) in [5.41, 5.74) is 1.85. The van der Waals surface area contributed by atoms with E-state index in [0.717, 1.165) is 0 Å². The van der Waals surface area contributed by atoms with Gasteiger partial charge in [0.1, 0.15) is 11.8 Å². The largest absolute Gasteiger partial charge is 0.484 e. The van der Waals surface area contributed by atoms with Gasteiger partial charge in [-0.3, -0.25) is 9.59 Å². The second kappa shape index (κ2) is 8.85. The molecule has 0 radical (unpaired) electrons. The number of ketones is 1. The Labute approximate surface area is 167 Å². The molecule has 5 nitrogen and oxygen atoms in total. The average molecular weight is 391 g/mol. The predicted molar refractivity (Wildman–Crippen MR) is 107 cm³/mol. The number of nitrogens with one attached hydrogen (secondary N) is 1. The average Bonchev–Trinajstić information content (AvgIpc) is 2.73. The van der Waals surface area contributed by atoms with Gasteiger partial charge in [-0.15, -0.1) is 0 Å². The highest BCUT2D eigenvalue weighted by molar-refractivity contribution is 6.30. The molecule has 0 aliphatic carbocycles. The Kier molecular flexibility index (Phi) is 6.05. The normalized spacial score (nSPS) is 10.0. The van der Waals surface area contributed by atoms with Crippen LogP contribution in [0.25, 0.3) is 0 Å². The van der Waals surface area contributed by atoms with Crippen molar-refractivity contribution in [2.24, 2.45) is 0 Å². The van der Waals surface area contributed by atoms with Gasteiger partial charge in [0.05, 0.1) is 11.3 Å². The van der Waals surface area contributed by atoms with Gasteiger partial charge in [0, 0.05) is 16.1 Å². The third kappa shape index (κ3) is 4.76. The maximum Gasteiger partial charge on any atom is 0.262 e. The van der Waals surface area contributed by atoms with Gasteiger partial charge >= 0.3 is 0 Å². The monoisotopic (exact) mass is 390 g/mol. The van der Waals surface area contributed by atoms with Crippen molar-refractivity contribution in [2.75, 3.05) is 11.9 Å². The number of halogens is 1. The van der Waals surface area contributed by atoms with E-state index in [9.17, 15) is 9.59 Å². The fraction of sp³-hybridized carbons (Fsp3) is 0.0455. The van der Waals surface area contributed by atoms with E-state index in [1.54, 1.807) is 72.8 Å². The summed E-state index contributed by atoms with van der Waals surface area (Å²) >= 11 is 5.84. The lowest BCUT2D eigenvalue weighted by atomic mass is 10.0. The Morgan fingerprint density at radius 1 is 0.929 bits per heavy atom. The summed E-state index contributed by atoms with van der Waals surface area (Å²) in [7, 11) is 0. The van der Waals surface area contributed by atoms with Crippen LogP contribution in [0.4, 0.5) is 5.69 Å². The summed E-state index contributed by atoms with van der Waals surface area (Å²) < 4.78 is 5.45. The van der Waals surface area contributed by atoms with E-state index in [1.807, 2.05) is 6.07 Å². The number of carbonyl (C=O) groups excluding carboxylic acids is 2. The second-order valence-corrected chi connectivity index (χ2v) is 6.29. The van der Waals surface area contributed by atoms with Crippen LogP contribution < -0.4 is 10.1 Å². The number of anilines is 1. The minimum atomic E-state index is -0.385. The number of amides is 1. The molecule has 6 heteroatoms. The van der Waals surface area contributed by atoms with Gasteiger partial charge in [0.25, 0.3) is 5.91 Å². The van der Waals surface area contributed by atoms with Gasteiger partial charge in [-0.2, -0.15) is 5.26 Å². The molecule has 1 N–H and O–H groups in total. The highest BCUT2D eigenvalue weighted by Gasteiger charge is 2.10. The van der Waals surface area contributed by atoms with Crippen molar-refractivity contribution < 1.29 is 14.3 Å². The fourth-order valence-corrected chi connectivity index (χ4v) is 2.62. The van der Waals surface area contributed by atoms with Crippen molar-refractivity contribution in [3.8, 4) is 11.8 Å². The van der Waals surface area contributed by atoms with Crippen LogP contribution in [0, 0.1) is 11.3 Å². The molecule has 0 saturated carbocycles. The highest BCUT2D eigenvalue weighted by atomic mass is 35.5. The number of nitrogens with zero attached hydrogens (tertiary/aromatic N) is 1. The van der Waals surface area contributed by atoms with Gasteiger partial charge in [0.15, 0.2) is 12.4 Å². The van der Waals surface area contributed by atoms with Crippen LogP contribution >= 0.6 is 11.6 Å². The first-order chi connectivity index (χ1) is 13.6. The molecule has 0 spiro atoms. The van der Waals surface area contributed by atoms with Crippen LogP contribution in [0.3, 0.4) is 0 Å². The molecule has 138 valence electrons. The number of nitriles is 1. The molecular weight excluding hydrogens is 376 g/mol. The van der Waals surface area contributed by atoms with Crippen molar-refractivity contribution in [3.63, 3.8) is 0 Å². The van der Waals surface area contributed by atoms with E-state index >= 15 is 0 Å². The van der Waals surface area contributed by atoms with Crippen LogP contribution in [-0.2, 0) is 4.79 Å². The van der Waals surface area contributed by atoms with Crippen molar-refractivity contribution in [2.45, 2.75) is 0 Å². The maximum absolute atomic E-state index is 12.4. The Morgan fingerprint density at radius 2 is 1.54 bits per heavy atom. The summed E-state index contributed by atoms with van der Waals surface area (Å²) in [5, 5.41) is 12.2. The second-order valence-electron chi connectivity index (χ2n) is 5.85. The lowest BCUT2D eigenvalue weighted by Crippen LogP contribution is -2.20. The SMILES string of the molecule is N#Cc1ccccc1NC(=O)COc1ccc(C(=O)c2ccc(Cl)cc2)cc1. The van der Waals surface area contributed by atoms with E-state index in [-0.39, 0.29) is 18.3 Å². The van der Waals surface area contributed by atoms with E-state index in [2.05, 4.69) is 5.32 Å². The van der Waals surface area contributed by atoms with Crippen LogP contribution in [0.15, 0.2) is 72.8 Å². The number of para-hydroxylation sites is 1. The van der Waals surface area contributed by atoms with Crippen molar-refractivity contribution in [1.82, 2.24) is 0 Å². The number of carbonyl (C=O) groups is 2. The minimum absolute atomic E-state index is 0.130. The Balaban J connectivity index is 1.58. The highest BCUT2D eigenvalue weighted by Crippen LogP contribution is 2.18. The summed E-state index contributed by atoms with van der Waals surface area (Å²) in [5.74, 6) is -0.0607. The molecule has 28 heavy (non-hydrogen) atoms. The summed E-state index contributed by atoms with van der Waals surface area (Å²) in [6.07, 6.45) is 0. The van der Waals surface area contributed by atoms with Crippen LogP contribution in [0.2, 0.25) is 5.02 Å². The molecule has 3 aromatic carbocycles. The van der Waals surface area contributed by atoms with Gasteiger partial charge in [-0.05, 0) is 60.7 Å². The molecule has 1 amide bonds. The molecule has 0 bridgehead atoms. The number of hydrogen-bond donors (Lipinski definition) is 1. The molecule has 3 aromatic rings. The first-order valence-corrected chi connectivity index (χ1v) is 8.77. The molecule has 0 heterocycles. The Hall–Kier alpha value is -3.62. The molecule has 0 fully saturated rings. The zero-order valence-electron chi connectivity index (χ0n) is 14.7. The molecular formula is C22H15ClN2O3. The topological polar surface area (TPSA) is 79.2 Å².